The van der Waals surface area contributed by atoms with E-state index < -0.39 is 0 Å². The average molecular weight is 397 g/mol. The second-order valence-electron chi connectivity index (χ2n) is 7.60. The van der Waals surface area contributed by atoms with Gasteiger partial charge in [0.25, 0.3) is 0 Å². The van der Waals surface area contributed by atoms with Crippen LogP contribution in [0.1, 0.15) is 41.3 Å². The minimum atomic E-state index is 0.244. The molecule has 1 N–H and O–H groups in total. The molecule has 148 valence electrons. The molecule has 0 spiro atoms. The number of nitrogens with zero attached hydrogens (tertiary/aromatic N) is 3. The number of nitrogens with one attached hydrogen (secondary N) is 1. The molecule has 1 aliphatic carbocycles. The predicted molar refractivity (Wildman–Crippen MR) is 117 cm³/mol. The molecule has 1 atom stereocenters. The lowest BCUT2D eigenvalue weighted by molar-refractivity contribution is 0.311. The Balaban J connectivity index is 1.60. The Morgan fingerprint density at radius 3 is 2.64 bits per heavy atom. The van der Waals surface area contributed by atoms with E-state index in [0.717, 1.165) is 29.4 Å². The van der Waals surface area contributed by atoms with Crippen LogP contribution in [-0.2, 0) is 12.8 Å². The molecule has 5 nitrogen and oxygen atoms in total. The molecule has 0 amide bonds. The highest BCUT2D eigenvalue weighted by molar-refractivity contribution is 7.18. The van der Waals surface area contributed by atoms with E-state index >= 15 is 0 Å². The largest absolute Gasteiger partial charge is 0.497 e. The monoisotopic (exact) mass is 396 g/mol. The van der Waals surface area contributed by atoms with Crippen molar-refractivity contribution < 1.29 is 4.74 Å². The van der Waals surface area contributed by atoms with Gasteiger partial charge in [0.1, 0.15) is 22.7 Å². The predicted octanol–water partition coefficient (Wildman–Crippen LogP) is 4.68. The zero-order valence-corrected chi connectivity index (χ0v) is 17.7. The number of aromatic nitrogens is 2. The van der Waals surface area contributed by atoms with Gasteiger partial charge in [-0.05, 0) is 63.0 Å². The number of aryl methyl sites for hydroxylation is 2. The van der Waals surface area contributed by atoms with Gasteiger partial charge in [0.15, 0.2) is 0 Å². The van der Waals surface area contributed by atoms with Gasteiger partial charge in [0.05, 0.1) is 18.5 Å². The normalized spacial score (nSPS) is 15.3. The van der Waals surface area contributed by atoms with Crippen molar-refractivity contribution in [2.24, 2.45) is 0 Å². The van der Waals surface area contributed by atoms with Crippen molar-refractivity contribution >= 4 is 27.4 Å². The lowest BCUT2D eigenvalue weighted by Gasteiger charge is -2.25. The number of likely N-dealkylation sites (N-methyl/N-ethyl adjacent to an activating group) is 1. The van der Waals surface area contributed by atoms with Gasteiger partial charge in [0.2, 0.25) is 0 Å². The molecule has 0 fully saturated rings. The lowest BCUT2D eigenvalue weighted by atomic mass is 10.1. The van der Waals surface area contributed by atoms with E-state index in [1.54, 1.807) is 13.4 Å². The Morgan fingerprint density at radius 1 is 1.11 bits per heavy atom. The summed E-state index contributed by atoms with van der Waals surface area (Å²) in [6.07, 6.45) is 7.89. The molecular formula is C22H28N4OS. The van der Waals surface area contributed by atoms with Gasteiger partial charge in [0, 0.05) is 11.4 Å². The number of anilines is 1. The number of thiophene rings is 1. The number of benzene rings is 1. The number of hydrogen-bond donors (Lipinski definition) is 1. The second-order valence-corrected chi connectivity index (χ2v) is 8.68. The van der Waals surface area contributed by atoms with Gasteiger partial charge in [-0.2, -0.15) is 0 Å². The van der Waals surface area contributed by atoms with Crippen LogP contribution in [0.5, 0.6) is 5.75 Å². The first-order valence-electron chi connectivity index (χ1n) is 9.97. The van der Waals surface area contributed by atoms with Crippen LogP contribution in [0.25, 0.3) is 10.2 Å². The smallest absolute Gasteiger partial charge is 0.138 e. The molecule has 1 aromatic carbocycles. The molecule has 4 rings (SSSR count). The van der Waals surface area contributed by atoms with E-state index in [-0.39, 0.29) is 6.04 Å². The van der Waals surface area contributed by atoms with Crippen LogP contribution in [0.3, 0.4) is 0 Å². The molecule has 0 saturated heterocycles. The fourth-order valence-corrected chi connectivity index (χ4v) is 5.25. The van der Waals surface area contributed by atoms with E-state index in [1.807, 2.05) is 23.5 Å². The molecule has 1 unspecified atom stereocenters. The van der Waals surface area contributed by atoms with Crippen molar-refractivity contribution in [3.05, 3.63) is 46.6 Å². The van der Waals surface area contributed by atoms with Crippen LogP contribution < -0.4 is 10.1 Å². The number of hydrogen-bond acceptors (Lipinski definition) is 6. The highest BCUT2D eigenvalue weighted by atomic mass is 32.1. The van der Waals surface area contributed by atoms with E-state index in [1.165, 1.54) is 47.1 Å². The van der Waals surface area contributed by atoms with Crippen LogP contribution >= 0.6 is 11.3 Å². The molecule has 0 radical (unpaired) electrons. The molecule has 0 bridgehead atoms. The summed E-state index contributed by atoms with van der Waals surface area (Å²) in [5.41, 5.74) is 2.74. The van der Waals surface area contributed by atoms with Crippen molar-refractivity contribution in [2.75, 3.05) is 33.1 Å². The number of fused-ring (bicyclic) bond motifs is 3. The molecule has 3 aromatic rings. The molecule has 0 aliphatic heterocycles. The Kier molecular flexibility index (Phi) is 5.78. The van der Waals surface area contributed by atoms with Gasteiger partial charge in [-0.25, -0.2) is 9.97 Å². The first-order valence-corrected chi connectivity index (χ1v) is 10.8. The van der Waals surface area contributed by atoms with Crippen LogP contribution in [0.4, 0.5) is 5.82 Å². The Morgan fingerprint density at radius 2 is 1.89 bits per heavy atom. The Labute approximate surface area is 170 Å². The maximum Gasteiger partial charge on any atom is 0.138 e. The molecule has 0 saturated carbocycles. The summed E-state index contributed by atoms with van der Waals surface area (Å²) >= 11 is 1.85. The quantitative estimate of drug-likeness (QED) is 0.613. The van der Waals surface area contributed by atoms with Gasteiger partial charge in [-0.1, -0.05) is 18.6 Å². The van der Waals surface area contributed by atoms with Crippen LogP contribution in [0, 0.1) is 0 Å². The van der Waals surface area contributed by atoms with Crippen molar-refractivity contribution in [3.8, 4) is 5.75 Å². The molecule has 1 aliphatic rings. The maximum atomic E-state index is 5.30. The third-order valence-electron chi connectivity index (χ3n) is 5.59. The summed E-state index contributed by atoms with van der Waals surface area (Å²) in [6, 6.07) is 8.56. The standard InChI is InChI=1S/C22H28N4OS/c1-26(2)18(15-9-11-16(27-3)12-10-15)13-23-21-20-17-7-5-4-6-8-19(17)28-22(20)25-14-24-21/h9-12,14,18H,4-8,13H2,1-3H3,(H,23,24,25). The minimum Gasteiger partial charge on any atom is -0.497 e. The molecule has 2 heterocycles. The third kappa shape index (κ3) is 3.84. The second kappa shape index (κ2) is 8.45. The van der Waals surface area contributed by atoms with Crippen LogP contribution in [0.2, 0.25) is 0 Å². The summed E-state index contributed by atoms with van der Waals surface area (Å²) in [7, 11) is 5.93. The van der Waals surface area contributed by atoms with Crippen molar-refractivity contribution in [1.82, 2.24) is 14.9 Å². The van der Waals surface area contributed by atoms with E-state index in [4.69, 9.17) is 4.74 Å². The molecule has 6 heteroatoms. The summed E-state index contributed by atoms with van der Waals surface area (Å²) < 4.78 is 5.30. The van der Waals surface area contributed by atoms with E-state index in [0.29, 0.717) is 0 Å². The SMILES string of the molecule is COc1ccc(C(CNc2ncnc3sc4c(c23)CCCCC4)N(C)C)cc1. The summed E-state index contributed by atoms with van der Waals surface area (Å²) in [4.78, 5) is 14.0. The third-order valence-corrected chi connectivity index (χ3v) is 6.79. The summed E-state index contributed by atoms with van der Waals surface area (Å²) in [5, 5.41) is 4.88. The fraction of sp³-hybridized carbons (Fsp3) is 0.455. The Bertz CT molecular complexity index is 936. The fourth-order valence-electron chi connectivity index (χ4n) is 4.02. The van der Waals surface area contributed by atoms with E-state index in [2.05, 4.69) is 46.4 Å². The number of rotatable bonds is 6. The summed E-state index contributed by atoms with van der Waals surface area (Å²) in [5.74, 6) is 1.86. The van der Waals surface area contributed by atoms with Crippen molar-refractivity contribution in [3.63, 3.8) is 0 Å². The van der Waals surface area contributed by atoms with Gasteiger partial charge < -0.3 is 15.0 Å². The van der Waals surface area contributed by atoms with Gasteiger partial charge in [-0.15, -0.1) is 11.3 Å². The van der Waals surface area contributed by atoms with Gasteiger partial charge in [-0.3, -0.25) is 0 Å². The minimum absolute atomic E-state index is 0.244. The van der Waals surface area contributed by atoms with E-state index in [9.17, 15) is 0 Å². The van der Waals surface area contributed by atoms with Gasteiger partial charge >= 0.3 is 0 Å². The molecule has 28 heavy (non-hydrogen) atoms. The molecule has 2 aromatic heterocycles. The van der Waals surface area contributed by atoms with Crippen LogP contribution in [0.15, 0.2) is 30.6 Å². The highest BCUT2D eigenvalue weighted by Gasteiger charge is 2.20. The first kappa shape index (κ1) is 19.2. The lowest BCUT2D eigenvalue weighted by Crippen LogP contribution is -2.27. The summed E-state index contributed by atoms with van der Waals surface area (Å²) in [6.45, 7) is 0.788. The topological polar surface area (TPSA) is 50.3 Å². The van der Waals surface area contributed by atoms with Crippen LogP contribution in [-0.4, -0.2) is 42.6 Å². The number of ether oxygens (including phenoxy) is 1. The number of methoxy groups -OCH3 is 1. The zero-order chi connectivity index (χ0) is 19.5. The average Bonchev–Trinajstić information content (AvgIpc) is 2.90. The first-order chi connectivity index (χ1) is 13.7. The zero-order valence-electron chi connectivity index (χ0n) is 16.9. The van der Waals surface area contributed by atoms with Crippen molar-refractivity contribution in [1.29, 1.82) is 0 Å². The Hall–Kier alpha value is -2.18. The van der Waals surface area contributed by atoms with Crippen molar-refractivity contribution in [2.45, 2.75) is 38.1 Å². The maximum absolute atomic E-state index is 5.30. The molecular weight excluding hydrogens is 368 g/mol. The highest BCUT2D eigenvalue weighted by Crippen LogP contribution is 2.37.